The van der Waals surface area contributed by atoms with Crippen molar-refractivity contribution in [2.45, 2.75) is 10.6 Å². The lowest BCUT2D eigenvalue weighted by Crippen LogP contribution is -2.06. The predicted octanol–water partition coefficient (Wildman–Crippen LogP) is 4.36. The number of benzene rings is 3. The van der Waals surface area contributed by atoms with E-state index < -0.39 is 14.8 Å². The van der Waals surface area contributed by atoms with Gasteiger partial charge >= 0.3 is 0 Å². The zero-order valence-corrected chi connectivity index (χ0v) is 14.4. The lowest BCUT2D eigenvalue weighted by molar-refractivity contribution is -0.384. The Hall–Kier alpha value is -3.19. The van der Waals surface area contributed by atoms with E-state index in [1.165, 1.54) is 30.3 Å². The molecule has 3 rings (SSSR count). The van der Waals surface area contributed by atoms with Gasteiger partial charge in [0, 0.05) is 11.6 Å². The molecule has 7 heteroatoms. The molecule has 0 aliphatic rings. The molecule has 132 valence electrons. The largest absolute Gasteiger partial charge is 0.457 e. The lowest BCUT2D eigenvalue weighted by Gasteiger charge is -2.12. The zero-order chi connectivity index (χ0) is 18.6. The van der Waals surface area contributed by atoms with Gasteiger partial charge in [-0.1, -0.05) is 36.4 Å². The molecule has 3 aromatic carbocycles. The number of para-hydroxylation sites is 1. The molecule has 0 amide bonds. The molecule has 0 fully saturated rings. The molecule has 0 aliphatic heterocycles. The molecule has 0 N–H and O–H groups in total. The van der Waals surface area contributed by atoms with E-state index in [1.54, 1.807) is 48.5 Å². The monoisotopic (exact) mass is 369 g/mol. The predicted molar refractivity (Wildman–Crippen MR) is 96.9 cm³/mol. The normalized spacial score (nSPS) is 11.1. The maximum atomic E-state index is 12.6. The summed E-state index contributed by atoms with van der Waals surface area (Å²) in [5, 5.41) is 11.1. The minimum Gasteiger partial charge on any atom is -0.457 e. The molecule has 3 aromatic rings. The van der Waals surface area contributed by atoms with E-state index in [0.717, 1.165) is 0 Å². The Morgan fingerprint density at radius 2 is 1.50 bits per heavy atom. The summed E-state index contributed by atoms with van der Waals surface area (Å²) in [5.41, 5.74) is 0.181. The number of sulfone groups is 1. The number of rotatable bonds is 6. The number of hydrogen-bond donors (Lipinski definition) is 0. The summed E-state index contributed by atoms with van der Waals surface area (Å²) in [6, 6.07) is 20.7. The number of non-ortho nitro benzene ring substituents is 1. The fourth-order valence-electron chi connectivity index (χ4n) is 2.40. The lowest BCUT2D eigenvalue weighted by atomic mass is 10.2. The Bertz CT molecular complexity index is 1020. The van der Waals surface area contributed by atoms with Crippen molar-refractivity contribution in [1.29, 1.82) is 0 Å². The molecule has 0 aliphatic carbocycles. The van der Waals surface area contributed by atoms with Crippen LogP contribution < -0.4 is 4.74 Å². The van der Waals surface area contributed by atoms with Gasteiger partial charge in [-0.25, -0.2) is 8.42 Å². The molecule has 26 heavy (non-hydrogen) atoms. The quantitative estimate of drug-likeness (QED) is 0.476. The first-order valence-electron chi connectivity index (χ1n) is 7.74. The zero-order valence-electron chi connectivity index (χ0n) is 13.6. The Morgan fingerprint density at radius 1 is 0.885 bits per heavy atom. The number of nitro groups is 1. The van der Waals surface area contributed by atoms with Crippen molar-refractivity contribution in [1.82, 2.24) is 0 Å². The van der Waals surface area contributed by atoms with Gasteiger partial charge in [0.2, 0.25) is 0 Å². The average molecular weight is 369 g/mol. The van der Waals surface area contributed by atoms with Gasteiger partial charge in [-0.05, 0) is 30.3 Å². The highest BCUT2D eigenvalue weighted by Gasteiger charge is 2.20. The first-order valence-corrected chi connectivity index (χ1v) is 9.39. The molecule has 0 saturated carbocycles. The fourth-order valence-corrected chi connectivity index (χ4v) is 3.79. The van der Waals surface area contributed by atoms with Crippen molar-refractivity contribution in [3.8, 4) is 11.5 Å². The summed E-state index contributed by atoms with van der Waals surface area (Å²) in [4.78, 5) is 10.7. The molecular weight excluding hydrogens is 354 g/mol. The van der Waals surface area contributed by atoms with Crippen LogP contribution in [0.5, 0.6) is 11.5 Å². The van der Waals surface area contributed by atoms with E-state index >= 15 is 0 Å². The minimum atomic E-state index is -3.61. The Balaban J connectivity index is 1.99. The first-order chi connectivity index (χ1) is 12.5. The number of ether oxygens (including phenoxy) is 1. The maximum Gasteiger partial charge on any atom is 0.273 e. The van der Waals surface area contributed by atoms with Gasteiger partial charge in [-0.3, -0.25) is 10.1 Å². The van der Waals surface area contributed by atoms with Crippen LogP contribution in [0.3, 0.4) is 0 Å². The summed E-state index contributed by atoms with van der Waals surface area (Å²) >= 11 is 0. The second-order valence-corrected chi connectivity index (χ2v) is 7.53. The molecule has 0 heterocycles. The first kappa shape index (κ1) is 17.6. The Labute approximate surface area is 150 Å². The van der Waals surface area contributed by atoms with Crippen molar-refractivity contribution in [3.63, 3.8) is 0 Å². The average Bonchev–Trinajstić information content (AvgIpc) is 2.64. The van der Waals surface area contributed by atoms with E-state index in [4.69, 9.17) is 4.74 Å². The van der Waals surface area contributed by atoms with Crippen LogP contribution >= 0.6 is 0 Å². The van der Waals surface area contributed by atoms with Crippen LogP contribution in [-0.2, 0) is 15.6 Å². The Kier molecular flexibility index (Phi) is 4.99. The van der Waals surface area contributed by atoms with Crippen LogP contribution in [0.1, 0.15) is 5.56 Å². The molecule has 0 radical (unpaired) electrons. The molecule has 0 bridgehead atoms. The summed E-state index contributed by atoms with van der Waals surface area (Å²) < 4.78 is 31.0. The van der Waals surface area contributed by atoms with Crippen LogP contribution in [0.2, 0.25) is 0 Å². The number of hydrogen-bond acceptors (Lipinski definition) is 5. The standard InChI is InChI=1S/C19H15NO5S/c21-20(22)16-12-11-15(14-26(23,24)18-9-5-2-6-10-18)19(13-16)25-17-7-3-1-4-8-17/h1-13H,14H2. The summed E-state index contributed by atoms with van der Waals surface area (Å²) in [6.45, 7) is 0. The van der Waals surface area contributed by atoms with Crippen LogP contribution in [0.4, 0.5) is 5.69 Å². The van der Waals surface area contributed by atoms with E-state index in [0.29, 0.717) is 11.3 Å². The third-order valence-electron chi connectivity index (χ3n) is 3.68. The highest BCUT2D eigenvalue weighted by molar-refractivity contribution is 7.90. The van der Waals surface area contributed by atoms with E-state index in [2.05, 4.69) is 0 Å². The second-order valence-electron chi connectivity index (χ2n) is 5.54. The fraction of sp³-hybridized carbons (Fsp3) is 0.0526. The summed E-state index contributed by atoms with van der Waals surface area (Å²) in [5.74, 6) is 0.285. The van der Waals surface area contributed by atoms with Crippen molar-refractivity contribution in [2.24, 2.45) is 0 Å². The van der Waals surface area contributed by atoms with Crippen LogP contribution in [0, 0.1) is 10.1 Å². The van der Waals surface area contributed by atoms with Gasteiger partial charge < -0.3 is 4.74 Å². The molecular formula is C19H15NO5S. The minimum absolute atomic E-state index is 0.143. The highest BCUT2D eigenvalue weighted by atomic mass is 32.2. The van der Waals surface area contributed by atoms with Gasteiger partial charge in [0.1, 0.15) is 11.5 Å². The Morgan fingerprint density at radius 3 is 2.12 bits per heavy atom. The molecule has 0 saturated heterocycles. The summed E-state index contributed by atoms with van der Waals surface area (Å²) in [6.07, 6.45) is 0. The van der Waals surface area contributed by atoms with Gasteiger partial charge in [-0.15, -0.1) is 0 Å². The van der Waals surface area contributed by atoms with Crippen LogP contribution in [0.15, 0.2) is 83.8 Å². The number of nitrogens with zero attached hydrogens (tertiary/aromatic N) is 1. The number of nitro benzene ring substituents is 1. The van der Waals surface area contributed by atoms with Gasteiger partial charge in [-0.2, -0.15) is 0 Å². The van der Waals surface area contributed by atoms with Crippen molar-refractivity contribution in [2.75, 3.05) is 0 Å². The molecule has 0 atom stereocenters. The third-order valence-corrected chi connectivity index (χ3v) is 5.36. The smallest absolute Gasteiger partial charge is 0.273 e. The topological polar surface area (TPSA) is 86.5 Å². The van der Waals surface area contributed by atoms with Crippen molar-refractivity contribution < 1.29 is 18.1 Å². The van der Waals surface area contributed by atoms with Crippen LogP contribution in [-0.4, -0.2) is 13.3 Å². The van der Waals surface area contributed by atoms with Crippen molar-refractivity contribution in [3.05, 3.63) is 94.5 Å². The maximum absolute atomic E-state index is 12.6. The molecule has 0 aromatic heterocycles. The molecule has 6 nitrogen and oxygen atoms in total. The van der Waals surface area contributed by atoms with E-state index in [1.807, 2.05) is 0 Å². The van der Waals surface area contributed by atoms with E-state index in [-0.39, 0.29) is 22.1 Å². The molecule has 0 spiro atoms. The van der Waals surface area contributed by atoms with Gasteiger partial charge in [0.05, 0.1) is 21.6 Å². The highest BCUT2D eigenvalue weighted by Crippen LogP contribution is 2.31. The third kappa shape index (κ3) is 4.07. The van der Waals surface area contributed by atoms with Crippen LogP contribution in [0.25, 0.3) is 0 Å². The molecule has 0 unspecified atom stereocenters. The SMILES string of the molecule is O=[N+]([O-])c1ccc(CS(=O)(=O)c2ccccc2)c(Oc2ccccc2)c1. The van der Waals surface area contributed by atoms with Gasteiger partial charge in [0.15, 0.2) is 9.84 Å². The summed E-state index contributed by atoms with van der Waals surface area (Å²) in [7, 11) is -3.61. The van der Waals surface area contributed by atoms with E-state index in [9.17, 15) is 18.5 Å². The van der Waals surface area contributed by atoms with Crippen molar-refractivity contribution >= 4 is 15.5 Å². The van der Waals surface area contributed by atoms with Gasteiger partial charge in [0.25, 0.3) is 5.69 Å². The second kappa shape index (κ2) is 7.37.